The minimum atomic E-state index is -0.694. The molecule has 2 aliphatic heterocycles. The smallest absolute Gasteiger partial charge is 0.429 e. The van der Waals surface area contributed by atoms with Crippen LogP contribution in [0.25, 0.3) is 11.8 Å². The zero-order chi connectivity index (χ0) is 16.4. The lowest BCUT2D eigenvalue weighted by Gasteiger charge is -2.29. The van der Waals surface area contributed by atoms with Crippen LogP contribution in [0.2, 0.25) is 0 Å². The van der Waals surface area contributed by atoms with Gasteiger partial charge in [0.05, 0.1) is 4.88 Å². The van der Waals surface area contributed by atoms with Gasteiger partial charge in [-0.2, -0.15) is 0 Å². The number of fused-ring (bicyclic) bond motifs is 3. The number of ether oxygens (including phenoxy) is 2. The van der Waals surface area contributed by atoms with E-state index in [1.54, 1.807) is 11.3 Å². The Morgan fingerprint density at radius 3 is 2.92 bits per heavy atom. The van der Waals surface area contributed by atoms with Crippen molar-refractivity contribution >= 4 is 29.3 Å². The third-order valence-corrected chi connectivity index (χ3v) is 4.77. The van der Waals surface area contributed by atoms with Crippen molar-refractivity contribution in [1.29, 1.82) is 0 Å². The summed E-state index contributed by atoms with van der Waals surface area (Å²) < 4.78 is 10.7. The van der Waals surface area contributed by atoms with Gasteiger partial charge in [0.2, 0.25) is 0 Å². The van der Waals surface area contributed by atoms with Crippen molar-refractivity contribution in [2.45, 2.75) is 6.61 Å². The van der Waals surface area contributed by atoms with Gasteiger partial charge in [0, 0.05) is 12.7 Å². The molecule has 0 N–H and O–H groups in total. The van der Waals surface area contributed by atoms with Crippen LogP contribution in [0.3, 0.4) is 0 Å². The number of benzene rings is 1. The van der Waals surface area contributed by atoms with Crippen molar-refractivity contribution in [3.05, 3.63) is 81.9 Å². The summed E-state index contributed by atoms with van der Waals surface area (Å²) in [5, 5.41) is 2.04. The minimum absolute atomic E-state index is 0.194. The molecule has 0 saturated heterocycles. The molecule has 4 nitrogen and oxygen atoms in total. The van der Waals surface area contributed by atoms with Crippen LogP contribution in [-0.4, -0.2) is 17.6 Å². The van der Waals surface area contributed by atoms with E-state index in [1.807, 2.05) is 54.1 Å². The van der Waals surface area contributed by atoms with Crippen LogP contribution in [0.5, 0.6) is 0 Å². The van der Waals surface area contributed by atoms with Gasteiger partial charge in [-0.05, 0) is 34.7 Å². The summed E-state index contributed by atoms with van der Waals surface area (Å²) in [6.07, 6.45) is 7.18. The monoisotopic (exact) mass is 337 g/mol. The van der Waals surface area contributed by atoms with Crippen LogP contribution in [0, 0.1) is 0 Å². The Morgan fingerprint density at radius 2 is 2.04 bits per heavy atom. The van der Waals surface area contributed by atoms with Crippen LogP contribution in [-0.2, 0) is 16.1 Å². The first-order valence-corrected chi connectivity index (χ1v) is 8.51. The first-order valence-electron chi connectivity index (χ1n) is 7.63. The highest BCUT2D eigenvalue weighted by atomic mass is 32.1. The molecule has 1 aromatic heterocycles. The van der Waals surface area contributed by atoms with Gasteiger partial charge in [0.15, 0.2) is 5.76 Å². The molecule has 3 heterocycles. The number of hydrogen-bond donors (Lipinski definition) is 0. The van der Waals surface area contributed by atoms with Crippen LogP contribution in [0.1, 0.15) is 16.0 Å². The molecule has 24 heavy (non-hydrogen) atoms. The Balaban J connectivity index is 1.52. The van der Waals surface area contributed by atoms with E-state index in [0.717, 1.165) is 28.2 Å². The second-order valence-corrected chi connectivity index (χ2v) is 6.33. The average molecular weight is 337 g/mol. The van der Waals surface area contributed by atoms with Crippen molar-refractivity contribution in [2.24, 2.45) is 0 Å². The third-order valence-electron chi connectivity index (χ3n) is 3.83. The van der Waals surface area contributed by atoms with Crippen molar-refractivity contribution in [3.8, 4) is 0 Å². The van der Waals surface area contributed by atoms with E-state index < -0.39 is 6.16 Å². The number of rotatable bonds is 3. The largest absolute Gasteiger partial charge is 0.514 e. The highest BCUT2D eigenvalue weighted by Gasteiger charge is 2.25. The maximum atomic E-state index is 12.1. The maximum absolute atomic E-state index is 12.1. The van der Waals surface area contributed by atoms with Gasteiger partial charge < -0.3 is 14.4 Å². The number of carbonyl (C=O) groups excluding carboxylic acids is 1. The van der Waals surface area contributed by atoms with Gasteiger partial charge in [0.1, 0.15) is 12.3 Å². The molecule has 0 atom stereocenters. The summed E-state index contributed by atoms with van der Waals surface area (Å²) in [6.45, 7) is 0.953. The average Bonchev–Trinajstić information content (AvgIpc) is 3.10. The molecule has 0 spiro atoms. The highest BCUT2D eigenvalue weighted by Crippen LogP contribution is 2.37. The summed E-state index contributed by atoms with van der Waals surface area (Å²) in [4.78, 5) is 15.2. The summed E-state index contributed by atoms with van der Waals surface area (Å²) >= 11 is 1.64. The fourth-order valence-corrected chi connectivity index (χ4v) is 3.65. The summed E-state index contributed by atoms with van der Waals surface area (Å²) in [7, 11) is 0. The molecule has 120 valence electrons. The molecule has 0 fully saturated rings. The van der Waals surface area contributed by atoms with E-state index in [9.17, 15) is 4.79 Å². The number of hydrogen-bond acceptors (Lipinski definition) is 5. The molecule has 0 bridgehead atoms. The van der Waals surface area contributed by atoms with Crippen molar-refractivity contribution in [2.75, 3.05) is 6.54 Å². The molecule has 2 aromatic rings. The minimum Gasteiger partial charge on any atom is -0.429 e. The first-order chi connectivity index (χ1) is 11.8. The number of allylic oxidation sites excluding steroid dienone is 1. The predicted molar refractivity (Wildman–Crippen MR) is 93.8 cm³/mol. The molecular formula is C19H15NO3S. The SMILES string of the molecule is O=C(OCc1ccccc1)OC1=C2c3sccc3C=CN2CC=C1. The Labute approximate surface area is 143 Å². The van der Waals surface area contributed by atoms with Gasteiger partial charge >= 0.3 is 6.16 Å². The van der Waals surface area contributed by atoms with Crippen LogP contribution in [0.15, 0.2) is 65.9 Å². The van der Waals surface area contributed by atoms with E-state index in [2.05, 4.69) is 17.0 Å². The van der Waals surface area contributed by atoms with Gasteiger partial charge in [-0.1, -0.05) is 36.4 Å². The molecular weight excluding hydrogens is 322 g/mol. The van der Waals surface area contributed by atoms with E-state index in [4.69, 9.17) is 9.47 Å². The quantitative estimate of drug-likeness (QED) is 0.766. The van der Waals surface area contributed by atoms with E-state index >= 15 is 0 Å². The maximum Gasteiger partial charge on any atom is 0.514 e. The lowest BCUT2D eigenvalue weighted by molar-refractivity contribution is 0.0731. The molecule has 0 saturated carbocycles. The second-order valence-electron chi connectivity index (χ2n) is 5.41. The van der Waals surface area contributed by atoms with Crippen LogP contribution >= 0.6 is 11.3 Å². The zero-order valence-corrected chi connectivity index (χ0v) is 13.7. The van der Waals surface area contributed by atoms with Crippen molar-refractivity contribution < 1.29 is 14.3 Å². The molecule has 0 unspecified atom stereocenters. The molecule has 0 aliphatic carbocycles. The second kappa shape index (κ2) is 6.37. The van der Waals surface area contributed by atoms with Crippen LogP contribution in [0.4, 0.5) is 4.79 Å². The number of carbonyl (C=O) groups is 1. The first kappa shape index (κ1) is 14.8. The molecule has 4 rings (SSSR count). The van der Waals surface area contributed by atoms with Gasteiger partial charge in [-0.25, -0.2) is 4.79 Å². The Bertz CT molecular complexity index is 849. The number of thiophene rings is 1. The summed E-state index contributed by atoms with van der Waals surface area (Å²) in [6, 6.07) is 11.6. The molecule has 5 heteroatoms. The van der Waals surface area contributed by atoms with Gasteiger partial charge in [-0.15, -0.1) is 11.3 Å². The summed E-state index contributed by atoms with van der Waals surface area (Å²) in [5.74, 6) is 0.521. The predicted octanol–water partition coefficient (Wildman–Crippen LogP) is 4.63. The van der Waals surface area contributed by atoms with Gasteiger partial charge in [0.25, 0.3) is 0 Å². The van der Waals surface area contributed by atoms with Crippen molar-refractivity contribution in [3.63, 3.8) is 0 Å². The fraction of sp³-hybridized carbons (Fsp3) is 0.105. The van der Waals surface area contributed by atoms with Crippen LogP contribution < -0.4 is 0 Å². The van der Waals surface area contributed by atoms with E-state index in [0.29, 0.717) is 5.76 Å². The normalized spacial score (nSPS) is 15.1. The third kappa shape index (κ3) is 2.86. The lowest BCUT2D eigenvalue weighted by Crippen LogP contribution is -2.23. The lowest BCUT2D eigenvalue weighted by atomic mass is 10.1. The molecule has 0 radical (unpaired) electrons. The van der Waals surface area contributed by atoms with Gasteiger partial charge in [-0.3, -0.25) is 0 Å². The topological polar surface area (TPSA) is 38.8 Å². The molecule has 1 aromatic carbocycles. The summed E-state index contributed by atoms with van der Waals surface area (Å²) in [5.41, 5.74) is 2.98. The van der Waals surface area contributed by atoms with E-state index in [1.165, 1.54) is 0 Å². The van der Waals surface area contributed by atoms with Crippen molar-refractivity contribution in [1.82, 2.24) is 4.90 Å². The standard InChI is InChI=1S/C19H15NO3S/c21-19(22-13-14-5-2-1-3-6-14)23-16-7-4-10-20-11-8-15-9-12-24-18(15)17(16)20/h1-9,11-12H,10,13H2. The zero-order valence-electron chi connectivity index (χ0n) is 12.8. The Morgan fingerprint density at radius 1 is 1.17 bits per heavy atom. The van der Waals surface area contributed by atoms with E-state index in [-0.39, 0.29) is 6.61 Å². The molecule has 0 amide bonds. The Hall–Kier alpha value is -2.79. The Kier molecular flexibility index (Phi) is 3.92. The fourth-order valence-electron chi connectivity index (χ4n) is 2.69. The molecule has 2 aliphatic rings. The highest BCUT2D eigenvalue weighted by molar-refractivity contribution is 7.11. The number of nitrogens with zero attached hydrogens (tertiary/aromatic N) is 1.